The molecule has 2 heterocycles. The van der Waals surface area contributed by atoms with E-state index in [1.54, 1.807) is 9.80 Å². The highest BCUT2D eigenvalue weighted by Gasteiger charge is 2.30. The number of para-hydroxylation sites is 1. The predicted octanol–water partition coefficient (Wildman–Crippen LogP) is 3.43. The van der Waals surface area contributed by atoms with E-state index in [2.05, 4.69) is 0 Å². The number of ether oxygens (including phenoxy) is 1. The summed E-state index contributed by atoms with van der Waals surface area (Å²) in [5.74, 6) is 0.254. The van der Waals surface area contributed by atoms with Crippen LogP contribution in [0.3, 0.4) is 0 Å². The minimum absolute atomic E-state index is 0.127. The van der Waals surface area contributed by atoms with Crippen molar-refractivity contribution < 1.29 is 18.7 Å². The van der Waals surface area contributed by atoms with E-state index in [9.17, 15) is 9.59 Å². The van der Waals surface area contributed by atoms with Crippen molar-refractivity contribution in [1.82, 2.24) is 9.80 Å². The molecule has 0 N–H and O–H groups in total. The lowest BCUT2D eigenvalue weighted by molar-refractivity contribution is 0.0137. The van der Waals surface area contributed by atoms with E-state index in [4.69, 9.17) is 9.15 Å². The number of carbonyl (C=O) groups is 2. The molecule has 1 aliphatic heterocycles. The standard InChI is InChI=1S/C19H24N2O4/c1-13-14-7-5-6-8-15(14)24-16(13)17(22)20-9-11-21(12-10-20)18(23)25-19(2,3)4/h5-8H,9-12H2,1-4H3. The van der Waals surface area contributed by atoms with E-state index >= 15 is 0 Å². The number of carbonyl (C=O) groups excluding carboxylic acids is 2. The maximum absolute atomic E-state index is 12.8. The molecule has 1 saturated heterocycles. The molecule has 2 aromatic rings. The van der Waals surface area contributed by atoms with Gasteiger partial charge in [0.1, 0.15) is 11.2 Å². The highest BCUT2D eigenvalue weighted by molar-refractivity contribution is 5.99. The van der Waals surface area contributed by atoms with Crippen molar-refractivity contribution in [2.24, 2.45) is 0 Å². The maximum Gasteiger partial charge on any atom is 0.410 e. The van der Waals surface area contributed by atoms with Crippen LogP contribution in [0.2, 0.25) is 0 Å². The van der Waals surface area contributed by atoms with Crippen LogP contribution in [0.1, 0.15) is 36.9 Å². The summed E-state index contributed by atoms with van der Waals surface area (Å²) in [6.07, 6.45) is -0.334. The first-order valence-electron chi connectivity index (χ1n) is 8.51. The number of fused-ring (bicyclic) bond motifs is 1. The summed E-state index contributed by atoms with van der Waals surface area (Å²) >= 11 is 0. The van der Waals surface area contributed by atoms with E-state index < -0.39 is 5.60 Å². The summed E-state index contributed by atoms with van der Waals surface area (Å²) in [4.78, 5) is 28.3. The first-order valence-corrected chi connectivity index (χ1v) is 8.51. The number of amides is 2. The quantitative estimate of drug-likeness (QED) is 0.795. The van der Waals surface area contributed by atoms with Gasteiger partial charge in [0, 0.05) is 37.1 Å². The van der Waals surface area contributed by atoms with E-state index in [1.807, 2.05) is 52.0 Å². The van der Waals surface area contributed by atoms with Crippen LogP contribution in [0, 0.1) is 6.92 Å². The van der Waals surface area contributed by atoms with Gasteiger partial charge in [-0.05, 0) is 33.8 Å². The van der Waals surface area contributed by atoms with Crippen molar-refractivity contribution >= 4 is 23.0 Å². The van der Waals surface area contributed by atoms with Crippen LogP contribution in [0.15, 0.2) is 28.7 Å². The molecule has 6 nitrogen and oxygen atoms in total. The summed E-state index contributed by atoms with van der Waals surface area (Å²) in [5.41, 5.74) is 1.06. The molecule has 0 radical (unpaired) electrons. The Hall–Kier alpha value is -2.50. The van der Waals surface area contributed by atoms with Crippen molar-refractivity contribution in [3.05, 3.63) is 35.6 Å². The summed E-state index contributed by atoms with van der Waals surface area (Å²) in [6, 6.07) is 7.63. The van der Waals surface area contributed by atoms with Gasteiger partial charge in [-0.2, -0.15) is 0 Å². The number of aryl methyl sites for hydroxylation is 1. The fourth-order valence-corrected chi connectivity index (χ4v) is 2.94. The SMILES string of the molecule is Cc1c(C(=O)N2CCN(C(=O)OC(C)(C)C)CC2)oc2ccccc12. The molecule has 0 spiro atoms. The number of furan rings is 1. The molecule has 25 heavy (non-hydrogen) atoms. The lowest BCUT2D eigenvalue weighted by Crippen LogP contribution is -2.51. The third-order valence-corrected chi connectivity index (χ3v) is 4.26. The van der Waals surface area contributed by atoms with Crippen molar-refractivity contribution in [3.63, 3.8) is 0 Å². The van der Waals surface area contributed by atoms with Crippen LogP contribution >= 0.6 is 0 Å². The number of rotatable bonds is 1. The first-order chi connectivity index (χ1) is 11.8. The average molecular weight is 344 g/mol. The van der Waals surface area contributed by atoms with Crippen LogP contribution in [0.5, 0.6) is 0 Å². The van der Waals surface area contributed by atoms with Crippen LogP contribution in [0.25, 0.3) is 11.0 Å². The first kappa shape index (κ1) is 17.3. The molecule has 1 aromatic carbocycles. The largest absolute Gasteiger partial charge is 0.451 e. The molecule has 1 fully saturated rings. The van der Waals surface area contributed by atoms with Crippen LogP contribution in [-0.2, 0) is 4.74 Å². The van der Waals surface area contributed by atoms with Gasteiger partial charge < -0.3 is 19.0 Å². The highest BCUT2D eigenvalue weighted by atomic mass is 16.6. The van der Waals surface area contributed by atoms with Crippen molar-refractivity contribution in [3.8, 4) is 0 Å². The van der Waals surface area contributed by atoms with Gasteiger partial charge in [-0.15, -0.1) is 0 Å². The molecular weight excluding hydrogens is 320 g/mol. The Labute approximate surface area is 147 Å². The van der Waals surface area contributed by atoms with E-state index in [0.717, 1.165) is 16.5 Å². The highest BCUT2D eigenvalue weighted by Crippen LogP contribution is 2.26. The zero-order valence-electron chi connectivity index (χ0n) is 15.2. The van der Waals surface area contributed by atoms with Gasteiger partial charge in [-0.1, -0.05) is 18.2 Å². The number of benzene rings is 1. The predicted molar refractivity (Wildman–Crippen MR) is 94.7 cm³/mol. The Kier molecular flexibility index (Phi) is 4.45. The minimum Gasteiger partial charge on any atom is -0.451 e. The molecule has 0 atom stereocenters. The summed E-state index contributed by atoms with van der Waals surface area (Å²) in [7, 11) is 0. The molecule has 0 saturated carbocycles. The second kappa shape index (κ2) is 6.43. The van der Waals surface area contributed by atoms with Gasteiger partial charge in [0.2, 0.25) is 0 Å². The number of hydrogen-bond acceptors (Lipinski definition) is 4. The van der Waals surface area contributed by atoms with Crippen molar-refractivity contribution in [1.29, 1.82) is 0 Å². The zero-order chi connectivity index (χ0) is 18.2. The van der Waals surface area contributed by atoms with Crippen LogP contribution in [0.4, 0.5) is 4.79 Å². The number of hydrogen-bond donors (Lipinski definition) is 0. The van der Waals surface area contributed by atoms with Crippen LogP contribution < -0.4 is 0 Å². The van der Waals surface area contributed by atoms with Crippen molar-refractivity contribution in [2.75, 3.05) is 26.2 Å². The van der Waals surface area contributed by atoms with Crippen molar-refractivity contribution in [2.45, 2.75) is 33.3 Å². The molecule has 0 bridgehead atoms. The summed E-state index contributed by atoms with van der Waals surface area (Å²) in [5, 5.41) is 0.957. The second-order valence-electron chi connectivity index (χ2n) is 7.31. The molecule has 3 rings (SSSR count). The van der Waals surface area contributed by atoms with Gasteiger partial charge in [0.15, 0.2) is 5.76 Å². The molecule has 134 valence electrons. The zero-order valence-corrected chi connectivity index (χ0v) is 15.2. The fraction of sp³-hybridized carbons (Fsp3) is 0.474. The Morgan fingerprint density at radius 1 is 1.04 bits per heavy atom. The molecule has 2 amide bonds. The fourth-order valence-electron chi connectivity index (χ4n) is 2.94. The third kappa shape index (κ3) is 3.62. The lowest BCUT2D eigenvalue weighted by Gasteiger charge is -2.35. The van der Waals surface area contributed by atoms with E-state index in [0.29, 0.717) is 31.9 Å². The molecule has 1 aliphatic rings. The minimum atomic E-state index is -0.518. The van der Waals surface area contributed by atoms with E-state index in [-0.39, 0.29) is 12.0 Å². The van der Waals surface area contributed by atoms with Gasteiger partial charge in [0.25, 0.3) is 5.91 Å². The Balaban J connectivity index is 1.67. The topological polar surface area (TPSA) is 63.0 Å². The number of piperazine rings is 1. The monoisotopic (exact) mass is 344 g/mol. The molecule has 0 unspecified atom stereocenters. The summed E-state index contributed by atoms with van der Waals surface area (Å²) in [6.45, 7) is 9.28. The normalized spacial score (nSPS) is 15.5. The third-order valence-electron chi connectivity index (χ3n) is 4.26. The maximum atomic E-state index is 12.8. The Morgan fingerprint density at radius 2 is 1.64 bits per heavy atom. The Morgan fingerprint density at radius 3 is 2.24 bits per heavy atom. The Bertz CT molecular complexity index is 795. The van der Waals surface area contributed by atoms with Gasteiger partial charge in [-0.25, -0.2) is 4.79 Å². The van der Waals surface area contributed by atoms with Gasteiger partial charge in [-0.3, -0.25) is 4.79 Å². The lowest BCUT2D eigenvalue weighted by atomic mass is 10.1. The molecule has 6 heteroatoms. The molecule has 1 aromatic heterocycles. The van der Waals surface area contributed by atoms with Gasteiger partial charge in [0.05, 0.1) is 0 Å². The summed E-state index contributed by atoms with van der Waals surface area (Å²) < 4.78 is 11.1. The smallest absolute Gasteiger partial charge is 0.410 e. The van der Waals surface area contributed by atoms with E-state index in [1.165, 1.54) is 0 Å². The average Bonchev–Trinajstić information content (AvgIpc) is 2.90. The van der Waals surface area contributed by atoms with Gasteiger partial charge >= 0.3 is 6.09 Å². The second-order valence-corrected chi connectivity index (χ2v) is 7.31. The van der Waals surface area contributed by atoms with Crippen LogP contribution in [-0.4, -0.2) is 53.6 Å². The number of nitrogens with zero attached hydrogens (tertiary/aromatic N) is 2. The molecule has 0 aliphatic carbocycles. The molecular formula is C19H24N2O4.